The SMILES string of the molecule is CCOc1cccnc1Nc1ncnc2scc(-c3ccc(C(C)C)cc3)c12. The first-order valence-corrected chi connectivity index (χ1v) is 10.2. The number of hydrogen-bond acceptors (Lipinski definition) is 6. The second-order valence-electron chi connectivity index (χ2n) is 6.74. The van der Waals surface area contributed by atoms with E-state index in [1.807, 2.05) is 19.1 Å². The molecule has 142 valence electrons. The molecule has 0 radical (unpaired) electrons. The number of hydrogen-bond donors (Lipinski definition) is 1. The molecule has 0 unspecified atom stereocenters. The van der Waals surface area contributed by atoms with Crippen molar-refractivity contribution in [1.82, 2.24) is 15.0 Å². The van der Waals surface area contributed by atoms with Crippen molar-refractivity contribution in [3.8, 4) is 16.9 Å². The van der Waals surface area contributed by atoms with Crippen molar-refractivity contribution in [1.29, 1.82) is 0 Å². The van der Waals surface area contributed by atoms with Crippen molar-refractivity contribution < 1.29 is 4.74 Å². The third kappa shape index (κ3) is 3.55. The van der Waals surface area contributed by atoms with Gasteiger partial charge in [-0.15, -0.1) is 11.3 Å². The van der Waals surface area contributed by atoms with Gasteiger partial charge in [-0.2, -0.15) is 0 Å². The highest BCUT2D eigenvalue weighted by Gasteiger charge is 2.15. The maximum Gasteiger partial charge on any atom is 0.174 e. The number of anilines is 2. The zero-order valence-electron chi connectivity index (χ0n) is 16.1. The van der Waals surface area contributed by atoms with Crippen LogP contribution in [0.4, 0.5) is 11.6 Å². The first-order valence-electron chi connectivity index (χ1n) is 9.34. The number of pyridine rings is 1. The second kappa shape index (κ2) is 7.94. The maximum absolute atomic E-state index is 5.69. The molecule has 1 aromatic carbocycles. The van der Waals surface area contributed by atoms with Crippen LogP contribution in [0.3, 0.4) is 0 Å². The number of thiophene rings is 1. The van der Waals surface area contributed by atoms with Gasteiger partial charge in [-0.25, -0.2) is 15.0 Å². The van der Waals surface area contributed by atoms with E-state index in [9.17, 15) is 0 Å². The Kier molecular flexibility index (Phi) is 5.21. The first-order chi connectivity index (χ1) is 13.7. The van der Waals surface area contributed by atoms with Gasteiger partial charge in [0.15, 0.2) is 11.6 Å². The van der Waals surface area contributed by atoms with Gasteiger partial charge in [-0.1, -0.05) is 38.1 Å². The van der Waals surface area contributed by atoms with E-state index >= 15 is 0 Å². The topological polar surface area (TPSA) is 59.9 Å². The van der Waals surface area contributed by atoms with E-state index in [1.54, 1.807) is 23.9 Å². The second-order valence-corrected chi connectivity index (χ2v) is 7.59. The van der Waals surface area contributed by atoms with Crippen LogP contribution in [0.15, 0.2) is 54.3 Å². The summed E-state index contributed by atoms with van der Waals surface area (Å²) < 4.78 is 5.69. The number of fused-ring (bicyclic) bond motifs is 1. The summed E-state index contributed by atoms with van der Waals surface area (Å²) in [4.78, 5) is 14.3. The highest BCUT2D eigenvalue weighted by molar-refractivity contribution is 7.17. The van der Waals surface area contributed by atoms with Gasteiger partial charge in [0.1, 0.15) is 17.0 Å². The van der Waals surface area contributed by atoms with Crippen LogP contribution in [0.25, 0.3) is 21.3 Å². The van der Waals surface area contributed by atoms with Gasteiger partial charge in [0, 0.05) is 17.1 Å². The molecule has 0 fully saturated rings. The Balaban J connectivity index is 1.77. The number of benzene rings is 1. The molecule has 3 heterocycles. The number of nitrogens with one attached hydrogen (secondary N) is 1. The van der Waals surface area contributed by atoms with E-state index in [1.165, 1.54) is 5.56 Å². The predicted molar refractivity (Wildman–Crippen MR) is 116 cm³/mol. The molecule has 0 bridgehead atoms. The lowest BCUT2D eigenvalue weighted by Gasteiger charge is -2.12. The highest BCUT2D eigenvalue weighted by atomic mass is 32.1. The lowest BCUT2D eigenvalue weighted by Crippen LogP contribution is -2.01. The summed E-state index contributed by atoms with van der Waals surface area (Å²) in [6.45, 7) is 6.93. The fourth-order valence-electron chi connectivity index (χ4n) is 3.10. The van der Waals surface area contributed by atoms with Crippen molar-refractivity contribution >= 4 is 33.2 Å². The summed E-state index contributed by atoms with van der Waals surface area (Å²) >= 11 is 1.62. The lowest BCUT2D eigenvalue weighted by molar-refractivity contribution is 0.341. The highest BCUT2D eigenvalue weighted by Crippen LogP contribution is 2.38. The van der Waals surface area contributed by atoms with E-state index < -0.39 is 0 Å². The third-order valence-electron chi connectivity index (χ3n) is 4.57. The molecule has 4 rings (SSSR count). The largest absolute Gasteiger partial charge is 0.490 e. The van der Waals surface area contributed by atoms with Crippen LogP contribution in [0.2, 0.25) is 0 Å². The molecule has 0 aliphatic heterocycles. The Morgan fingerprint density at radius 2 is 1.86 bits per heavy atom. The average Bonchev–Trinajstić information content (AvgIpc) is 3.15. The van der Waals surface area contributed by atoms with E-state index in [0.717, 1.165) is 27.2 Å². The number of ether oxygens (including phenoxy) is 1. The maximum atomic E-state index is 5.69. The third-order valence-corrected chi connectivity index (χ3v) is 5.45. The molecule has 0 spiro atoms. The quantitative estimate of drug-likeness (QED) is 0.436. The summed E-state index contributed by atoms with van der Waals surface area (Å²) in [5.74, 6) is 2.59. The Labute approximate surface area is 168 Å². The molecule has 0 atom stereocenters. The van der Waals surface area contributed by atoms with Gasteiger partial charge in [-0.05, 0) is 36.1 Å². The monoisotopic (exact) mass is 390 g/mol. The van der Waals surface area contributed by atoms with Crippen LogP contribution in [0.5, 0.6) is 5.75 Å². The summed E-state index contributed by atoms with van der Waals surface area (Å²) in [7, 11) is 0. The summed E-state index contributed by atoms with van der Waals surface area (Å²) in [6, 6.07) is 12.5. The molecule has 3 aromatic heterocycles. The smallest absolute Gasteiger partial charge is 0.174 e. The molecule has 5 nitrogen and oxygen atoms in total. The summed E-state index contributed by atoms with van der Waals surface area (Å²) in [5.41, 5.74) is 3.60. The Hall–Kier alpha value is -2.99. The van der Waals surface area contributed by atoms with Crippen LogP contribution >= 0.6 is 11.3 Å². The molecule has 1 N–H and O–H groups in total. The van der Waals surface area contributed by atoms with E-state index in [-0.39, 0.29) is 0 Å². The molecule has 0 saturated carbocycles. The molecule has 0 aliphatic carbocycles. The molecule has 0 amide bonds. The predicted octanol–water partition coefficient (Wildman–Crippen LogP) is 6.02. The molecular formula is C22H22N4OS. The molecule has 6 heteroatoms. The molecule has 28 heavy (non-hydrogen) atoms. The summed E-state index contributed by atoms with van der Waals surface area (Å²) in [6.07, 6.45) is 3.32. The van der Waals surface area contributed by atoms with Crippen molar-refractivity contribution in [3.63, 3.8) is 0 Å². The number of rotatable bonds is 6. The number of nitrogens with zero attached hydrogens (tertiary/aromatic N) is 3. The standard InChI is InChI=1S/C22H22N4OS/c1-4-27-18-6-5-11-23-20(18)26-21-19-17(12-28-22(19)25-13-24-21)16-9-7-15(8-10-16)14(2)3/h5-14H,4H2,1-3H3,(H,23,24,25,26). The molecule has 0 saturated heterocycles. The van der Waals surface area contributed by atoms with Crippen LogP contribution in [0.1, 0.15) is 32.3 Å². The van der Waals surface area contributed by atoms with Gasteiger partial charge in [0.2, 0.25) is 0 Å². The van der Waals surface area contributed by atoms with Crippen molar-refractivity contribution in [2.75, 3.05) is 11.9 Å². The number of aromatic nitrogens is 3. The minimum atomic E-state index is 0.509. The van der Waals surface area contributed by atoms with E-state index in [0.29, 0.717) is 24.1 Å². The van der Waals surface area contributed by atoms with Gasteiger partial charge >= 0.3 is 0 Å². The van der Waals surface area contributed by atoms with Crippen LogP contribution < -0.4 is 10.1 Å². The van der Waals surface area contributed by atoms with Crippen LogP contribution in [-0.2, 0) is 0 Å². The Morgan fingerprint density at radius 3 is 2.61 bits per heavy atom. The Morgan fingerprint density at radius 1 is 1.04 bits per heavy atom. The van der Waals surface area contributed by atoms with Crippen LogP contribution in [0, 0.1) is 0 Å². The molecular weight excluding hydrogens is 368 g/mol. The zero-order chi connectivity index (χ0) is 19.5. The van der Waals surface area contributed by atoms with Crippen molar-refractivity contribution in [2.45, 2.75) is 26.7 Å². The van der Waals surface area contributed by atoms with E-state index in [4.69, 9.17) is 4.74 Å². The van der Waals surface area contributed by atoms with Crippen molar-refractivity contribution in [2.24, 2.45) is 0 Å². The van der Waals surface area contributed by atoms with E-state index in [2.05, 4.69) is 63.8 Å². The van der Waals surface area contributed by atoms with Gasteiger partial charge in [0.05, 0.1) is 12.0 Å². The average molecular weight is 391 g/mol. The molecule has 4 aromatic rings. The zero-order valence-corrected chi connectivity index (χ0v) is 17.0. The van der Waals surface area contributed by atoms with Crippen molar-refractivity contribution in [3.05, 3.63) is 59.9 Å². The Bertz CT molecular complexity index is 1090. The lowest BCUT2D eigenvalue weighted by atomic mass is 9.99. The fourth-order valence-corrected chi connectivity index (χ4v) is 4.01. The minimum Gasteiger partial charge on any atom is -0.490 e. The van der Waals surface area contributed by atoms with Gasteiger partial charge in [0.25, 0.3) is 0 Å². The fraction of sp³-hybridized carbons (Fsp3) is 0.227. The first kappa shape index (κ1) is 18.4. The molecule has 0 aliphatic rings. The normalized spacial score (nSPS) is 11.1. The summed E-state index contributed by atoms with van der Waals surface area (Å²) in [5, 5.41) is 6.48. The van der Waals surface area contributed by atoms with Crippen LogP contribution in [-0.4, -0.2) is 21.6 Å². The van der Waals surface area contributed by atoms with Gasteiger partial charge < -0.3 is 10.1 Å². The van der Waals surface area contributed by atoms with Gasteiger partial charge in [-0.3, -0.25) is 0 Å². The minimum absolute atomic E-state index is 0.509.